The van der Waals surface area contributed by atoms with Crippen molar-refractivity contribution in [3.05, 3.63) is 65.7 Å². The molecule has 0 saturated heterocycles. The van der Waals surface area contributed by atoms with E-state index in [2.05, 4.69) is 10.0 Å². The van der Waals surface area contributed by atoms with Gasteiger partial charge in [-0.15, -0.1) is 0 Å². The van der Waals surface area contributed by atoms with Gasteiger partial charge in [-0.25, -0.2) is 13.1 Å². The topological polar surface area (TPSA) is 75.3 Å². The molecule has 5 nitrogen and oxygen atoms in total. The lowest BCUT2D eigenvalue weighted by atomic mass is 9.85. The Balaban J connectivity index is 1.53. The minimum Gasteiger partial charge on any atom is -0.349 e. The molecule has 1 aliphatic carbocycles. The van der Waals surface area contributed by atoms with Crippen molar-refractivity contribution in [3.8, 4) is 0 Å². The molecule has 31 heavy (non-hydrogen) atoms. The molecule has 0 heterocycles. The van der Waals surface area contributed by atoms with Gasteiger partial charge in [0.25, 0.3) is 0 Å². The zero-order chi connectivity index (χ0) is 22.6. The summed E-state index contributed by atoms with van der Waals surface area (Å²) in [4.78, 5) is 12.4. The lowest BCUT2D eigenvalue weighted by Gasteiger charge is -2.29. The van der Waals surface area contributed by atoms with E-state index < -0.39 is 21.8 Å². The highest BCUT2D eigenvalue weighted by molar-refractivity contribution is 7.89. The number of hydrogen-bond acceptors (Lipinski definition) is 3. The number of nitrogens with one attached hydrogen (secondary N) is 2. The summed E-state index contributed by atoms with van der Waals surface area (Å²) in [5.74, 6) is -0.251. The van der Waals surface area contributed by atoms with Gasteiger partial charge in [-0.3, -0.25) is 4.79 Å². The third-order valence-electron chi connectivity index (χ3n) is 5.57. The Morgan fingerprint density at radius 1 is 0.968 bits per heavy atom. The van der Waals surface area contributed by atoms with Crippen LogP contribution in [0.3, 0.4) is 0 Å². The Kier molecular flexibility index (Phi) is 7.06. The normalized spacial score (nSPS) is 20.8. The van der Waals surface area contributed by atoms with Crippen molar-refractivity contribution in [3.63, 3.8) is 0 Å². The van der Waals surface area contributed by atoms with Crippen LogP contribution in [0, 0.1) is 5.92 Å². The molecule has 1 saturated carbocycles. The smallest absolute Gasteiger partial charge is 0.349 e. The van der Waals surface area contributed by atoms with Gasteiger partial charge in [-0.1, -0.05) is 30.3 Å². The number of carbonyl (C=O) groups excluding carboxylic acids is 1. The lowest BCUT2D eigenvalue weighted by Crippen LogP contribution is -2.41. The molecule has 1 fully saturated rings. The summed E-state index contributed by atoms with van der Waals surface area (Å²) < 4.78 is 65.6. The number of amides is 1. The number of rotatable bonds is 6. The Morgan fingerprint density at radius 3 is 2.10 bits per heavy atom. The van der Waals surface area contributed by atoms with Crippen LogP contribution in [-0.2, 0) is 21.0 Å². The van der Waals surface area contributed by atoms with Gasteiger partial charge in [0.15, 0.2) is 0 Å². The van der Waals surface area contributed by atoms with E-state index in [1.807, 2.05) is 37.3 Å². The largest absolute Gasteiger partial charge is 0.416 e. The van der Waals surface area contributed by atoms with Crippen molar-refractivity contribution < 1.29 is 26.4 Å². The zero-order valence-electron chi connectivity index (χ0n) is 17.0. The average molecular weight is 455 g/mol. The van der Waals surface area contributed by atoms with Gasteiger partial charge >= 0.3 is 6.18 Å². The van der Waals surface area contributed by atoms with E-state index in [1.165, 1.54) is 0 Å². The van der Waals surface area contributed by atoms with Gasteiger partial charge in [0.1, 0.15) is 0 Å². The highest BCUT2D eigenvalue weighted by Gasteiger charge is 2.32. The maximum atomic E-state index is 12.7. The molecular weight excluding hydrogens is 429 g/mol. The summed E-state index contributed by atoms with van der Waals surface area (Å²) >= 11 is 0. The van der Waals surface area contributed by atoms with E-state index in [0.717, 1.165) is 29.8 Å². The fraction of sp³-hybridized carbons (Fsp3) is 0.409. The van der Waals surface area contributed by atoms with E-state index in [-0.39, 0.29) is 28.8 Å². The second-order valence-corrected chi connectivity index (χ2v) is 9.55. The summed E-state index contributed by atoms with van der Waals surface area (Å²) in [6.45, 7) is 1.91. The van der Waals surface area contributed by atoms with Crippen LogP contribution in [0.2, 0.25) is 0 Å². The molecule has 2 aromatic carbocycles. The number of alkyl halides is 3. The predicted octanol–water partition coefficient (Wildman–Crippen LogP) is 4.42. The molecule has 9 heteroatoms. The molecule has 0 aromatic heterocycles. The van der Waals surface area contributed by atoms with Crippen LogP contribution < -0.4 is 10.0 Å². The number of hydrogen-bond donors (Lipinski definition) is 2. The van der Waals surface area contributed by atoms with Gasteiger partial charge < -0.3 is 5.32 Å². The quantitative estimate of drug-likeness (QED) is 0.679. The molecule has 168 valence electrons. The summed E-state index contributed by atoms with van der Waals surface area (Å²) in [6.07, 6.45) is -2.48. The number of benzene rings is 2. The molecule has 0 bridgehead atoms. The van der Waals surface area contributed by atoms with Gasteiger partial charge in [0.2, 0.25) is 15.9 Å². The van der Waals surface area contributed by atoms with E-state index >= 15 is 0 Å². The monoisotopic (exact) mass is 454 g/mol. The minimum atomic E-state index is -4.52. The van der Waals surface area contributed by atoms with Crippen molar-refractivity contribution in [2.24, 2.45) is 5.92 Å². The van der Waals surface area contributed by atoms with Gasteiger partial charge in [0.05, 0.1) is 16.5 Å². The third-order valence-corrected chi connectivity index (χ3v) is 7.11. The number of carbonyl (C=O) groups is 1. The van der Waals surface area contributed by atoms with Crippen molar-refractivity contribution in [1.82, 2.24) is 10.0 Å². The average Bonchev–Trinajstić information content (AvgIpc) is 2.74. The summed E-state index contributed by atoms with van der Waals surface area (Å²) in [7, 11) is -3.93. The van der Waals surface area contributed by atoms with E-state index in [4.69, 9.17) is 0 Å². The van der Waals surface area contributed by atoms with Crippen molar-refractivity contribution >= 4 is 15.9 Å². The van der Waals surface area contributed by atoms with Crippen LogP contribution in [-0.4, -0.2) is 20.4 Å². The summed E-state index contributed by atoms with van der Waals surface area (Å²) in [5, 5.41) is 3.00. The Hall–Kier alpha value is -2.39. The first-order valence-corrected chi connectivity index (χ1v) is 11.6. The van der Waals surface area contributed by atoms with Crippen molar-refractivity contribution in [2.75, 3.05) is 0 Å². The zero-order valence-corrected chi connectivity index (χ0v) is 17.8. The Bertz CT molecular complexity index is 985. The molecule has 1 aliphatic rings. The molecule has 1 atom stereocenters. The molecule has 0 aliphatic heterocycles. The highest BCUT2D eigenvalue weighted by atomic mass is 32.2. The van der Waals surface area contributed by atoms with Crippen LogP contribution in [0.5, 0.6) is 0 Å². The summed E-state index contributed by atoms with van der Waals surface area (Å²) in [6, 6.07) is 12.5. The van der Waals surface area contributed by atoms with Crippen molar-refractivity contribution in [2.45, 2.75) is 55.8 Å². The second kappa shape index (κ2) is 9.40. The van der Waals surface area contributed by atoms with Crippen LogP contribution >= 0.6 is 0 Å². The van der Waals surface area contributed by atoms with Gasteiger partial charge in [0, 0.05) is 12.0 Å². The van der Waals surface area contributed by atoms with E-state index in [0.29, 0.717) is 25.7 Å². The second-order valence-electron chi connectivity index (χ2n) is 7.83. The van der Waals surface area contributed by atoms with Crippen LogP contribution in [0.15, 0.2) is 59.5 Å². The molecule has 3 rings (SSSR count). The van der Waals surface area contributed by atoms with Crippen molar-refractivity contribution in [1.29, 1.82) is 0 Å². The molecular formula is C22H25F3N2O3S. The van der Waals surface area contributed by atoms with Crippen LogP contribution in [0.25, 0.3) is 0 Å². The predicted molar refractivity (Wildman–Crippen MR) is 111 cm³/mol. The molecule has 0 unspecified atom stereocenters. The SMILES string of the molecule is C[C@@H](NC(=O)C1CCC(NS(=O)(=O)c2ccc(C(F)(F)F)cc2)CC1)c1ccccc1. The Labute approximate surface area is 180 Å². The molecule has 1 amide bonds. The molecule has 2 N–H and O–H groups in total. The molecule has 0 radical (unpaired) electrons. The maximum absolute atomic E-state index is 12.7. The van der Waals surface area contributed by atoms with Crippen LogP contribution in [0.4, 0.5) is 13.2 Å². The third kappa shape index (κ3) is 6.07. The molecule has 0 spiro atoms. The maximum Gasteiger partial charge on any atom is 0.416 e. The Morgan fingerprint density at radius 2 is 1.55 bits per heavy atom. The first kappa shape index (κ1) is 23.3. The van der Waals surface area contributed by atoms with E-state index in [1.54, 1.807) is 0 Å². The minimum absolute atomic E-state index is 0.0552. The fourth-order valence-corrected chi connectivity index (χ4v) is 5.05. The highest BCUT2D eigenvalue weighted by Crippen LogP contribution is 2.30. The van der Waals surface area contributed by atoms with Gasteiger partial charge in [-0.05, 0) is 62.4 Å². The molecule has 2 aromatic rings. The fourth-order valence-electron chi connectivity index (χ4n) is 3.74. The standard InChI is InChI=1S/C22H25F3N2O3S/c1-15(16-5-3-2-4-6-16)26-21(28)17-7-11-19(12-8-17)27-31(29,30)20-13-9-18(10-14-20)22(23,24)25/h2-6,9-10,13-15,17,19,27H,7-8,11-12H2,1H3,(H,26,28)/t15-,17?,19?/m1/s1. The lowest BCUT2D eigenvalue weighted by molar-refractivity contribution is -0.137. The summed E-state index contributed by atoms with van der Waals surface area (Å²) in [5.41, 5.74) is 0.108. The number of halogens is 3. The van der Waals surface area contributed by atoms with E-state index in [9.17, 15) is 26.4 Å². The van der Waals surface area contributed by atoms with Gasteiger partial charge in [-0.2, -0.15) is 13.2 Å². The first-order chi connectivity index (χ1) is 14.6. The van der Waals surface area contributed by atoms with Crippen LogP contribution in [0.1, 0.15) is 49.8 Å². The first-order valence-electron chi connectivity index (χ1n) is 10.1. The number of sulfonamides is 1.